The van der Waals surface area contributed by atoms with Gasteiger partial charge in [-0.2, -0.15) is 0 Å². The number of aromatic carboxylic acids is 1. The molecule has 0 fully saturated rings. The van der Waals surface area contributed by atoms with E-state index in [4.69, 9.17) is 13.9 Å². The molecular weight excluding hydrogens is 280 g/mol. The lowest BCUT2D eigenvalue weighted by atomic mass is 10.2. The smallest absolute Gasteiger partial charge is 0.371 e. The maximum atomic E-state index is 10.6. The van der Waals surface area contributed by atoms with Crippen LogP contribution < -0.4 is 0 Å². The maximum Gasteiger partial charge on any atom is 0.371 e. The summed E-state index contributed by atoms with van der Waals surface area (Å²) in [7, 11) is 0. The van der Waals surface area contributed by atoms with Crippen molar-refractivity contribution in [2.75, 3.05) is 0 Å². The molecule has 0 radical (unpaired) electrons. The van der Waals surface area contributed by atoms with Crippen LogP contribution >= 0.6 is 15.9 Å². The molecule has 16 heavy (non-hydrogen) atoms. The summed E-state index contributed by atoms with van der Waals surface area (Å²) in [5.74, 6) is -1.00. The molecule has 1 atom stereocenters. The quantitative estimate of drug-likeness (QED) is 0.905. The number of carbonyl (C=O) groups is 1. The van der Waals surface area contributed by atoms with E-state index >= 15 is 0 Å². The molecule has 0 bridgehead atoms. The van der Waals surface area contributed by atoms with Crippen molar-refractivity contribution in [2.24, 2.45) is 0 Å². The van der Waals surface area contributed by atoms with E-state index in [1.165, 1.54) is 12.1 Å². The Bertz CT molecular complexity index is 513. The predicted octanol–water partition coefficient (Wildman–Crippen LogP) is 2.42. The highest BCUT2D eigenvalue weighted by molar-refractivity contribution is 9.10. The first kappa shape index (κ1) is 11.0. The minimum absolute atomic E-state index is 0.124. The highest BCUT2D eigenvalue weighted by Gasteiger charge is 2.19. The Balaban J connectivity index is 2.26. The number of carboxylic acids is 1. The second-order valence-electron chi connectivity index (χ2n) is 3.05. The van der Waals surface area contributed by atoms with Gasteiger partial charge in [0.05, 0.1) is 0 Å². The number of carboxylic acid groups (broad SMARTS) is 1. The number of hydrogen-bond donors (Lipinski definition) is 2. The lowest BCUT2D eigenvalue weighted by Crippen LogP contribution is -1.96. The molecule has 0 saturated heterocycles. The second kappa shape index (κ2) is 4.15. The lowest BCUT2D eigenvalue weighted by Gasteiger charge is -2.02. The average molecular weight is 287 g/mol. The van der Waals surface area contributed by atoms with Crippen LogP contribution in [0.15, 0.2) is 37.8 Å². The third-order valence-electron chi connectivity index (χ3n) is 1.97. The molecular formula is C10H7BrO5. The number of halogens is 1. The Morgan fingerprint density at radius 2 is 1.81 bits per heavy atom. The molecule has 6 heteroatoms. The molecule has 0 aromatic carbocycles. The largest absolute Gasteiger partial charge is 0.475 e. The fourth-order valence-corrected chi connectivity index (χ4v) is 1.55. The van der Waals surface area contributed by atoms with Crippen molar-refractivity contribution in [2.45, 2.75) is 6.10 Å². The molecule has 0 aliphatic rings. The van der Waals surface area contributed by atoms with Gasteiger partial charge in [0.25, 0.3) is 0 Å². The third-order valence-corrected chi connectivity index (χ3v) is 2.40. The Labute approximate surface area is 98.4 Å². The first-order valence-electron chi connectivity index (χ1n) is 4.34. The molecule has 2 heterocycles. The Morgan fingerprint density at radius 1 is 1.19 bits per heavy atom. The van der Waals surface area contributed by atoms with Crippen molar-refractivity contribution in [1.29, 1.82) is 0 Å². The molecule has 0 aliphatic heterocycles. The van der Waals surface area contributed by atoms with Crippen molar-refractivity contribution in [1.82, 2.24) is 0 Å². The first-order valence-corrected chi connectivity index (χ1v) is 5.13. The first-order chi connectivity index (χ1) is 7.58. The van der Waals surface area contributed by atoms with Crippen LogP contribution in [0.1, 0.15) is 28.2 Å². The van der Waals surface area contributed by atoms with Crippen LogP contribution in [0, 0.1) is 0 Å². The van der Waals surface area contributed by atoms with Gasteiger partial charge in [-0.15, -0.1) is 0 Å². The van der Waals surface area contributed by atoms with Gasteiger partial charge < -0.3 is 19.0 Å². The molecule has 0 spiro atoms. The van der Waals surface area contributed by atoms with Crippen molar-refractivity contribution in [3.8, 4) is 0 Å². The standard InChI is InChI=1S/C10H7BrO5/c11-8-4-3-6(16-8)9(12)5-1-2-7(15-5)10(13)14/h1-4,9,12H,(H,13,14). The summed E-state index contributed by atoms with van der Waals surface area (Å²) in [5, 5.41) is 18.4. The van der Waals surface area contributed by atoms with Crippen LogP contribution in [0.4, 0.5) is 0 Å². The van der Waals surface area contributed by atoms with Gasteiger partial charge in [-0.05, 0) is 40.2 Å². The number of hydrogen-bond acceptors (Lipinski definition) is 4. The van der Waals surface area contributed by atoms with E-state index in [1.54, 1.807) is 12.1 Å². The second-order valence-corrected chi connectivity index (χ2v) is 3.83. The predicted molar refractivity (Wildman–Crippen MR) is 56.1 cm³/mol. The highest BCUT2D eigenvalue weighted by Crippen LogP contribution is 2.27. The van der Waals surface area contributed by atoms with Gasteiger partial charge in [0.1, 0.15) is 11.5 Å². The number of furan rings is 2. The van der Waals surface area contributed by atoms with Gasteiger partial charge in [0, 0.05) is 0 Å². The molecule has 2 rings (SSSR count). The minimum atomic E-state index is -1.18. The molecule has 2 N–H and O–H groups in total. The summed E-state index contributed by atoms with van der Waals surface area (Å²) in [5.41, 5.74) is 0. The highest BCUT2D eigenvalue weighted by atomic mass is 79.9. The monoisotopic (exact) mass is 286 g/mol. The van der Waals surface area contributed by atoms with Crippen molar-refractivity contribution < 1.29 is 23.8 Å². The number of aliphatic hydroxyl groups excluding tert-OH is 1. The summed E-state index contributed by atoms with van der Waals surface area (Å²) in [6.07, 6.45) is -1.11. The van der Waals surface area contributed by atoms with E-state index in [1.807, 2.05) is 0 Å². The van der Waals surface area contributed by atoms with Crippen LogP contribution in [0.2, 0.25) is 0 Å². The van der Waals surface area contributed by atoms with Crippen LogP contribution in [0.5, 0.6) is 0 Å². The van der Waals surface area contributed by atoms with Crippen LogP contribution in [-0.2, 0) is 0 Å². The third kappa shape index (κ3) is 2.02. The summed E-state index contributed by atoms with van der Waals surface area (Å²) in [6.45, 7) is 0. The van der Waals surface area contributed by atoms with Crippen LogP contribution in [0.25, 0.3) is 0 Å². The zero-order valence-corrected chi connectivity index (χ0v) is 9.47. The van der Waals surface area contributed by atoms with E-state index in [0.29, 0.717) is 4.67 Å². The van der Waals surface area contributed by atoms with Gasteiger partial charge in [-0.3, -0.25) is 0 Å². The van der Waals surface area contributed by atoms with E-state index in [0.717, 1.165) is 0 Å². The van der Waals surface area contributed by atoms with Crippen molar-refractivity contribution in [3.05, 3.63) is 46.2 Å². The van der Waals surface area contributed by atoms with E-state index in [9.17, 15) is 9.90 Å². The Kier molecular flexibility index (Phi) is 2.84. The average Bonchev–Trinajstić information content (AvgIpc) is 2.84. The molecule has 1 unspecified atom stereocenters. The summed E-state index contributed by atoms with van der Waals surface area (Å²) < 4.78 is 10.6. The molecule has 0 aliphatic carbocycles. The minimum Gasteiger partial charge on any atom is -0.475 e. The maximum absolute atomic E-state index is 10.6. The number of rotatable bonds is 3. The van der Waals surface area contributed by atoms with E-state index < -0.39 is 12.1 Å². The van der Waals surface area contributed by atoms with Crippen LogP contribution in [-0.4, -0.2) is 16.2 Å². The van der Waals surface area contributed by atoms with Crippen LogP contribution in [0.3, 0.4) is 0 Å². The Morgan fingerprint density at radius 3 is 2.31 bits per heavy atom. The van der Waals surface area contributed by atoms with Gasteiger partial charge in [-0.1, -0.05) is 0 Å². The lowest BCUT2D eigenvalue weighted by molar-refractivity contribution is 0.0653. The number of aliphatic hydroxyl groups is 1. The van der Waals surface area contributed by atoms with Gasteiger partial charge in [0.15, 0.2) is 10.8 Å². The zero-order valence-electron chi connectivity index (χ0n) is 7.88. The molecule has 0 amide bonds. The molecule has 2 aromatic rings. The van der Waals surface area contributed by atoms with E-state index in [-0.39, 0.29) is 17.3 Å². The molecule has 0 saturated carbocycles. The SMILES string of the molecule is O=C(O)c1ccc(C(O)c2ccc(Br)o2)o1. The van der Waals surface area contributed by atoms with Gasteiger partial charge in [0.2, 0.25) is 5.76 Å². The molecule has 5 nitrogen and oxygen atoms in total. The summed E-state index contributed by atoms with van der Waals surface area (Å²) >= 11 is 3.10. The summed E-state index contributed by atoms with van der Waals surface area (Å²) in [4.78, 5) is 10.6. The van der Waals surface area contributed by atoms with Gasteiger partial charge >= 0.3 is 5.97 Å². The summed E-state index contributed by atoms with van der Waals surface area (Å²) in [6, 6.07) is 5.86. The Hall–Kier alpha value is -1.53. The van der Waals surface area contributed by atoms with Gasteiger partial charge in [-0.25, -0.2) is 4.79 Å². The fraction of sp³-hybridized carbons (Fsp3) is 0.100. The van der Waals surface area contributed by atoms with Crippen molar-refractivity contribution >= 4 is 21.9 Å². The topological polar surface area (TPSA) is 83.8 Å². The van der Waals surface area contributed by atoms with E-state index in [2.05, 4.69) is 15.9 Å². The normalized spacial score (nSPS) is 12.6. The zero-order chi connectivity index (χ0) is 11.7. The molecule has 84 valence electrons. The fourth-order valence-electron chi connectivity index (χ4n) is 1.23. The molecule has 2 aromatic heterocycles. The van der Waals surface area contributed by atoms with Crippen molar-refractivity contribution in [3.63, 3.8) is 0 Å².